The van der Waals surface area contributed by atoms with Crippen LogP contribution in [0.4, 0.5) is 5.69 Å². The number of hydrogen-bond donors (Lipinski definition) is 2. The fourth-order valence-corrected chi connectivity index (χ4v) is 1.33. The summed E-state index contributed by atoms with van der Waals surface area (Å²) in [7, 11) is 0. The summed E-state index contributed by atoms with van der Waals surface area (Å²) < 4.78 is 0. The number of amides is 1. The Morgan fingerprint density at radius 2 is 1.94 bits per heavy atom. The lowest BCUT2D eigenvalue weighted by molar-refractivity contribution is -0.137. The highest BCUT2D eigenvalue weighted by molar-refractivity contribution is 5.96. The topological polar surface area (TPSA) is 83.5 Å². The van der Waals surface area contributed by atoms with E-state index in [0.29, 0.717) is 17.5 Å². The summed E-state index contributed by atoms with van der Waals surface area (Å²) >= 11 is 0. The van der Waals surface area contributed by atoms with Crippen molar-refractivity contribution in [3.63, 3.8) is 0 Å². The number of carboxylic acid groups (broad SMARTS) is 1. The van der Waals surface area contributed by atoms with Gasteiger partial charge in [0.05, 0.1) is 5.69 Å². The van der Waals surface area contributed by atoms with Crippen LogP contribution in [0.25, 0.3) is 0 Å². The number of aldehydes is 1. The molecule has 1 amide bonds. The normalized spacial score (nSPS) is 9.65. The Labute approximate surface area is 98.4 Å². The number of rotatable bonds is 6. The Morgan fingerprint density at radius 1 is 1.24 bits per heavy atom. The number of aliphatic carboxylic acids is 1. The molecule has 0 aliphatic heterocycles. The second kappa shape index (κ2) is 6.42. The van der Waals surface area contributed by atoms with E-state index < -0.39 is 5.97 Å². The molecule has 0 aliphatic carbocycles. The molecule has 0 saturated carbocycles. The third-order valence-corrected chi connectivity index (χ3v) is 2.16. The average Bonchev–Trinajstić information content (AvgIpc) is 2.29. The minimum absolute atomic E-state index is 0.0389. The maximum absolute atomic E-state index is 11.4. The van der Waals surface area contributed by atoms with E-state index in [1.165, 1.54) is 0 Å². The average molecular weight is 235 g/mol. The van der Waals surface area contributed by atoms with Gasteiger partial charge in [0.1, 0.15) is 0 Å². The Bertz CT molecular complexity index is 428. The monoisotopic (exact) mass is 235 g/mol. The smallest absolute Gasteiger partial charge is 0.303 e. The van der Waals surface area contributed by atoms with Gasteiger partial charge in [0.15, 0.2) is 6.29 Å². The minimum Gasteiger partial charge on any atom is -0.481 e. The van der Waals surface area contributed by atoms with Gasteiger partial charge in [0, 0.05) is 18.4 Å². The van der Waals surface area contributed by atoms with Crippen molar-refractivity contribution in [2.75, 3.05) is 5.32 Å². The summed E-state index contributed by atoms with van der Waals surface area (Å²) in [6, 6.07) is 6.63. The summed E-state index contributed by atoms with van der Waals surface area (Å²) in [5.41, 5.74) is 0.849. The first-order valence-corrected chi connectivity index (χ1v) is 5.19. The highest BCUT2D eigenvalue weighted by Crippen LogP contribution is 2.13. The molecule has 17 heavy (non-hydrogen) atoms. The van der Waals surface area contributed by atoms with E-state index >= 15 is 0 Å². The second-order valence-corrected chi connectivity index (χ2v) is 3.50. The van der Waals surface area contributed by atoms with Gasteiger partial charge in [-0.05, 0) is 18.6 Å². The van der Waals surface area contributed by atoms with Crippen LogP contribution < -0.4 is 5.32 Å². The lowest BCUT2D eigenvalue weighted by atomic mass is 10.2. The van der Waals surface area contributed by atoms with Gasteiger partial charge in [-0.2, -0.15) is 0 Å². The van der Waals surface area contributed by atoms with Gasteiger partial charge in [0.25, 0.3) is 0 Å². The largest absolute Gasteiger partial charge is 0.481 e. The first-order chi connectivity index (χ1) is 8.13. The molecule has 0 radical (unpaired) electrons. The van der Waals surface area contributed by atoms with Crippen molar-refractivity contribution in [3.05, 3.63) is 29.8 Å². The molecule has 0 bridgehead atoms. The molecule has 0 heterocycles. The van der Waals surface area contributed by atoms with Crippen molar-refractivity contribution in [2.45, 2.75) is 19.3 Å². The molecule has 0 unspecified atom stereocenters. The van der Waals surface area contributed by atoms with Gasteiger partial charge in [0.2, 0.25) is 5.91 Å². The maximum Gasteiger partial charge on any atom is 0.303 e. The van der Waals surface area contributed by atoms with Gasteiger partial charge in [-0.25, -0.2) is 0 Å². The maximum atomic E-state index is 11.4. The number of nitrogens with one attached hydrogen (secondary N) is 1. The van der Waals surface area contributed by atoms with Crippen molar-refractivity contribution in [1.82, 2.24) is 0 Å². The lowest BCUT2D eigenvalue weighted by Crippen LogP contribution is -2.13. The summed E-state index contributed by atoms with van der Waals surface area (Å²) in [4.78, 5) is 32.4. The highest BCUT2D eigenvalue weighted by atomic mass is 16.4. The van der Waals surface area contributed by atoms with Crippen LogP contribution in [0.3, 0.4) is 0 Å². The molecule has 0 aliphatic rings. The van der Waals surface area contributed by atoms with E-state index in [1.54, 1.807) is 24.3 Å². The van der Waals surface area contributed by atoms with E-state index in [9.17, 15) is 14.4 Å². The number of carbonyl (C=O) groups is 3. The van der Waals surface area contributed by atoms with Gasteiger partial charge < -0.3 is 10.4 Å². The molecule has 0 atom stereocenters. The SMILES string of the molecule is O=Cc1ccccc1NC(=O)CCCC(=O)O. The molecule has 2 N–H and O–H groups in total. The van der Waals surface area contributed by atoms with E-state index in [4.69, 9.17) is 5.11 Å². The molecule has 0 saturated heterocycles. The van der Waals surface area contributed by atoms with Crippen LogP contribution in [0.1, 0.15) is 29.6 Å². The number of carbonyl (C=O) groups excluding carboxylic acids is 2. The molecule has 0 aromatic heterocycles. The summed E-state index contributed by atoms with van der Waals surface area (Å²) in [6.45, 7) is 0. The van der Waals surface area contributed by atoms with Gasteiger partial charge in [-0.1, -0.05) is 12.1 Å². The van der Waals surface area contributed by atoms with E-state index in [1.807, 2.05) is 0 Å². The summed E-state index contributed by atoms with van der Waals surface area (Å²) in [5.74, 6) is -1.22. The fourth-order valence-electron chi connectivity index (χ4n) is 1.33. The molecule has 1 rings (SSSR count). The molecule has 1 aromatic carbocycles. The zero-order chi connectivity index (χ0) is 12.7. The van der Waals surface area contributed by atoms with E-state index in [2.05, 4.69) is 5.32 Å². The Balaban J connectivity index is 2.50. The van der Waals surface area contributed by atoms with Crippen LogP contribution in [-0.4, -0.2) is 23.3 Å². The molecule has 5 heteroatoms. The van der Waals surface area contributed by atoms with Crippen molar-refractivity contribution in [2.24, 2.45) is 0 Å². The third-order valence-electron chi connectivity index (χ3n) is 2.16. The number of benzene rings is 1. The van der Waals surface area contributed by atoms with Crippen LogP contribution in [0.5, 0.6) is 0 Å². The molecule has 5 nitrogen and oxygen atoms in total. The van der Waals surface area contributed by atoms with Crippen LogP contribution in [0.15, 0.2) is 24.3 Å². The Hall–Kier alpha value is -2.17. The van der Waals surface area contributed by atoms with E-state index in [0.717, 1.165) is 0 Å². The van der Waals surface area contributed by atoms with Crippen molar-refractivity contribution >= 4 is 23.9 Å². The number of para-hydroxylation sites is 1. The Morgan fingerprint density at radius 3 is 2.59 bits per heavy atom. The quantitative estimate of drug-likeness (QED) is 0.735. The number of carboxylic acids is 1. The fraction of sp³-hybridized carbons (Fsp3) is 0.250. The van der Waals surface area contributed by atoms with Crippen LogP contribution in [0, 0.1) is 0 Å². The summed E-state index contributed by atoms with van der Waals surface area (Å²) in [6.07, 6.45) is 1.03. The molecule has 0 spiro atoms. The van der Waals surface area contributed by atoms with Crippen molar-refractivity contribution in [1.29, 1.82) is 0 Å². The lowest BCUT2D eigenvalue weighted by Gasteiger charge is -2.06. The first-order valence-electron chi connectivity index (χ1n) is 5.19. The van der Waals surface area contributed by atoms with Gasteiger partial charge in [-0.3, -0.25) is 14.4 Å². The van der Waals surface area contributed by atoms with Crippen LogP contribution >= 0.6 is 0 Å². The molecular weight excluding hydrogens is 222 g/mol. The zero-order valence-electron chi connectivity index (χ0n) is 9.18. The second-order valence-electron chi connectivity index (χ2n) is 3.50. The number of hydrogen-bond acceptors (Lipinski definition) is 3. The molecule has 90 valence electrons. The zero-order valence-corrected chi connectivity index (χ0v) is 9.18. The predicted octanol–water partition coefficient (Wildman–Crippen LogP) is 1.69. The van der Waals surface area contributed by atoms with Gasteiger partial charge >= 0.3 is 5.97 Å². The van der Waals surface area contributed by atoms with Crippen LogP contribution in [-0.2, 0) is 9.59 Å². The van der Waals surface area contributed by atoms with Crippen molar-refractivity contribution in [3.8, 4) is 0 Å². The molecule has 0 fully saturated rings. The third kappa shape index (κ3) is 4.46. The molecular formula is C12H13NO4. The minimum atomic E-state index is -0.925. The first kappa shape index (κ1) is 12.9. The summed E-state index contributed by atoms with van der Waals surface area (Å²) in [5, 5.41) is 11.0. The van der Waals surface area contributed by atoms with Crippen molar-refractivity contribution < 1.29 is 19.5 Å². The predicted molar refractivity (Wildman–Crippen MR) is 61.9 cm³/mol. The molecule has 1 aromatic rings. The van der Waals surface area contributed by atoms with Gasteiger partial charge in [-0.15, -0.1) is 0 Å². The number of anilines is 1. The van der Waals surface area contributed by atoms with E-state index in [-0.39, 0.29) is 25.2 Å². The Kier molecular flexibility index (Phi) is 4.87. The van der Waals surface area contributed by atoms with Crippen LogP contribution in [0.2, 0.25) is 0 Å². The highest BCUT2D eigenvalue weighted by Gasteiger charge is 2.06. The standard InChI is InChI=1S/C12H13NO4/c14-8-9-4-1-2-5-10(9)13-11(15)6-3-7-12(16)17/h1-2,4-5,8H,3,6-7H2,(H,13,15)(H,16,17).